The summed E-state index contributed by atoms with van der Waals surface area (Å²) in [6.45, 7) is 0.497. The van der Waals surface area contributed by atoms with Crippen molar-refractivity contribution >= 4 is 17.8 Å². The van der Waals surface area contributed by atoms with Crippen molar-refractivity contribution in [3.05, 3.63) is 29.8 Å². The number of carboxylic acids is 1. The van der Waals surface area contributed by atoms with Gasteiger partial charge >= 0.3 is 5.97 Å². The number of benzene rings is 1. The average Bonchev–Trinajstić information content (AvgIpc) is 2.54. The number of hydrogen-bond donors (Lipinski definition) is 2. The molecule has 1 aliphatic rings. The lowest BCUT2D eigenvalue weighted by Gasteiger charge is -2.28. The number of nitrogens with one attached hydrogen (secondary N) is 1. The Morgan fingerprint density at radius 2 is 2.00 bits per heavy atom. The molecule has 1 saturated heterocycles. The molecule has 0 aliphatic carbocycles. The molecular weight excluding hydrogens is 300 g/mol. The average molecular weight is 320 g/mol. The van der Waals surface area contributed by atoms with Crippen molar-refractivity contribution < 1.29 is 24.2 Å². The molecule has 2 atom stereocenters. The SMILES string of the molecule is COc1ccc(C(NC(=O)C2CCN(C)C(=O)C2)C(=O)O)cc1. The minimum atomic E-state index is -1.15. The third kappa shape index (κ3) is 4.00. The quantitative estimate of drug-likeness (QED) is 0.837. The van der Waals surface area contributed by atoms with E-state index >= 15 is 0 Å². The van der Waals surface area contributed by atoms with E-state index in [9.17, 15) is 19.5 Å². The molecule has 0 spiro atoms. The van der Waals surface area contributed by atoms with Crippen LogP contribution in [-0.2, 0) is 14.4 Å². The number of nitrogens with zero attached hydrogens (tertiary/aromatic N) is 1. The Hall–Kier alpha value is -2.57. The normalized spacial score (nSPS) is 19.1. The van der Waals surface area contributed by atoms with Crippen molar-refractivity contribution in [3.63, 3.8) is 0 Å². The van der Waals surface area contributed by atoms with E-state index in [1.807, 2.05) is 0 Å². The molecule has 1 heterocycles. The number of carbonyl (C=O) groups excluding carboxylic acids is 2. The van der Waals surface area contributed by atoms with E-state index in [-0.39, 0.29) is 12.3 Å². The highest BCUT2D eigenvalue weighted by molar-refractivity contribution is 5.89. The topological polar surface area (TPSA) is 95.9 Å². The summed E-state index contributed by atoms with van der Waals surface area (Å²) in [6, 6.07) is 5.31. The van der Waals surface area contributed by atoms with Crippen LogP contribution in [-0.4, -0.2) is 48.5 Å². The largest absolute Gasteiger partial charge is 0.497 e. The van der Waals surface area contributed by atoms with Crippen LogP contribution in [0.15, 0.2) is 24.3 Å². The number of hydrogen-bond acceptors (Lipinski definition) is 4. The number of methoxy groups -OCH3 is 1. The maximum atomic E-state index is 12.3. The van der Waals surface area contributed by atoms with Gasteiger partial charge in [-0.2, -0.15) is 0 Å². The van der Waals surface area contributed by atoms with Crippen molar-refractivity contribution in [2.75, 3.05) is 20.7 Å². The molecular formula is C16H20N2O5. The molecule has 1 aliphatic heterocycles. The van der Waals surface area contributed by atoms with E-state index in [2.05, 4.69) is 5.32 Å². The number of aliphatic carboxylic acids is 1. The molecule has 23 heavy (non-hydrogen) atoms. The zero-order chi connectivity index (χ0) is 17.0. The molecule has 0 aromatic heterocycles. The lowest BCUT2D eigenvalue weighted by molar-refractivity contribution is -0.144. The fourth-order valence-corrected chi connectivity index (χ4v) is 2.51. The number of piperidine rings is 1. The molecule has 0 radical (unpaired) electrons. The summed E-state index contributed by atoms with van der Waals surface area (Å²) in [5, 5.41) is 11.9. The van der Waals surface area contributed by atoms with E-state index in [0.717, 1.165) is 0 Å². The predicted molar refractivity (Wildman–Crippen MR) is 81.9 cm³/mol. The van der Waals surface area contributed by atoms with Gasteiger partial charge in [-0.05, 0) is 24.1 Å². The van der Waals surface area contributed by atoms with Gasteiger partial charge in [0, 0.05) is 25.9 Å². The Kier molecular flexibility index (Phi) is 5.20. The van der Waals surface area contributed by atoms with Crippen LogP contribution in [0.5, 0.6) is 5.75 Å². The minimum Gasteiger partial charge on any atom is -0.497 e. The van der Waals surface area contributed by atoms with Crippen molar-refractivity contribution in [3.8, 4) is 5.75 Å². The van der Waals surface area contributed by atoms with E-state index in [1.165, 1.54) is 7.11 Å². The molecule has 0 bridgehead atoms. The van der Waals surface area contributed by atoms with Crippen LogP contribution in [0.4, 0.5) is 0 Å². The van der Waals surface area contributed by atoms with E-state index in [4.69, 9.17) is 4.74 Å². The number of carboxylic acid groups (broad SMARTS) is 1. The molecule has 1 aromatic carbocycles. The van der Waals surface area contributed by atoms with Gasteiger partial charge in [0.25, 0.3) is 0 Å². The first-order valence-corrected chi connectivity index (χ1v) is 7.33. The van der Waals surface area contributed by atoms with Gasteiger partial charge in [-0.25, -0.2) is 4.79 Å². The summed E-state index contributed by atoms with van der Waals surface area (Å²) in [5.74, 6) is -1.55. The van der Waals surface area contributed by atoms with Crippen LogP contribution in [0.2, 0.25) is 0 Å². The third-order valence-corrected chi connectivity index (χ3v) is 4.01. The highest BCUT2D eigenvalue weighted by Gasteiger charge is 2.31. The van der Waals surface area contributed by atoms with E-state index < -0.39 is 23.8 Å². The van der Waals surface area contributed by atoms with E-state index in [1.54, 1.807) is 36.2 Å². The molecule has 1 aromatic rings. The monoisotopic (exact) mass is 320 g/mol. The molecule has 7 nitrogen and oxygen atoms in total. The summed E-state index contributed by atoms with van der Waals surface area (Å²) < 4.78 is 5.03. The second-order valence-corrected chi connectivity index (χ2v) is 5.56. The fraction of sp³-hybridized carbons (Fsp3) is 0.438. The molecule has 2 unspecified atom stereocenters. The second kappa shape index (κ2) is 7.13. The van der Waals surface area contributed by atoms with Crippen LogP contribution < -0.4 is 10.1 Å². The van der Waals surface area contributed by atoms with Gasteiger partial charge in [0.2, 0.25) is 11.8 Å². The Morgan fingerprint density at radius 3 is 2.52 bits per heavy atom. The number of amides is 2. The van der Waals surface area contributed by atoms with Crippen molar-refractivity contribution in [2.24, 2.45) is 5.92 Å². The lowest BCUT2D eigenvalue weighted by atomic mass is 9.95. The second-order valence-electron chi connectivity index (χ2n) is 5.56. The summed E-state index contributed by atoms with van der Waals surface area (Å²) in [7, 11) is 3.20. The highest BCUT2D eigenvalue weighted by atomic mass is 16.5. The van der Waals surface area contributed by atoms with E-state index in [0.29, 0.717) is 24.3 Å². The van der Waals surface area contributed by atoms with Crippen LogP contribution in [0.1, 0.15) is 24.4 Å². The summed E-state index contributed by atoms with van der Waals surface area (Å²) in [4.78, 5) is 37.0. The first-order chi connectivity index (χ1) is 10.9. The zero-order valence-corrected chi connectivity index (χ0v) is 13.1. The van der Waals surface area contributed by atoms with Crippen molar-refractivity contribution in [2.45, 2.75) is 18.9 Å². The first kappa shape index (κ1) is 16.8. The van der Waals surface area contributed by atoms with Crippen LogP contribution in [0, 0.1) is 5.92 Å². The molecule has 2 N–H and O–H groups in total. The number of rotatable bonds is 5. The Labute approximate surface area is 134 Å². The smallest absolute Gasteiger partial charge is 0.330 e. The van der Waals surface area contributed by atoms with Crippen LogP contribution in [0.3, 0.4) is 0 Å². The van der Waals surface area contributed by atoms with Gasteiger partial charge < -0.3 is 20.1 Å². The van der Waals surface area contributed by atoms with Crippen LogP contribution in [0.25, 0.3) is 0 Å². The van der Waals surface area contributed by atoms with Gasteiger partial charge in [0.1, 0.15) is 5.75 Å². The minimum absolute atomic E-state index is 0.104. The first-order valence-electron chi connectivity index (χ1n) is 7.33. The molecule has 1 fully saturated rings. The Bertz CT molecular complexity index is 599. The molecule has 0 saturated carbocycles. The van der Waals surface area contributed by atoms with Crippen LogP contribution >= 0.6 is 0 Å². The number of carbonyl (C=O) groups is 3. The molecule has 2 rings (SSSR count). The predicted octanol–water partition coefficient (Wildman–Crippen LogP) is 0.805. The van der Waals surface area contributed by atoms with Gasteiger partial charge in [0.15, 0.2) is 6.04 Å². The maximum absolute atomic E-state index is 12.3. The lowest BCUT2D eigenvalue weighted by Crippen LogP contribution is -2.44. The summed E-state index contributed by atoms with van der Waals surface area (Å²) in [6.07, 6.45) is 0.639. The maximum Gasteiger partial charge on any atom is 0.330 e. The summed E-state index contributed by atoms with van der Waals surface area (Å²) in [5.41, 5.74) is 0.450. The van der Waals surface area contributed by atoms with Gasteiger partial charge in [-0.3, -0.25) is 9.59 Å². The molecule has 2 amide bonds. The van der Waals surface area contributed by atoms with Crippen molar-refractivity contribution in [1.29, 1.82) is 0 Å². The van der Waals surface area contributed by atoms with Gasteiger partial charge in [-0.15, -0.1) is 0 Å². The highest BCUT2D eigenvalue weighted by Crippen LogP contribution is 2.21. The summed E-state index contributed by atoms with van der Waals surface area (Å²) >= 11 is 0. The third-order valence-electron chi connectivity index (χ3n) is 4.01. The van der Waals surface area contributed by atoms with Gasteiger partial charge in [0.05, 0.1) is 7.11 Å². The molecule has 7 heteroatoms. The number of likely N-dealkylation sites (tertiary alicyclic amines) is 1. The zero-order valence-electron chi connectivity index (χ0n) is 13.1. The Morgan fingerprint density at radius 1 is 1.35 bits per heavy atom. The Balaban J connectivity index is 2.08. The fourth-order valence-electron chi connectivity index (χ4n) is 2.51. The van der Waals surface area contributed by atoms with Gasteiger partial charge in [-0.1, -0.05) is 12.1 Å². The number of ether oxygens (including phenoxy) is 1. The standard InChI is InChI=1S/C16H20N2O5/c1-18-8-7-11(9-13(18)19)15(20)17-14(16(21)22)10-3-5-12(23-2)6-4-10/h3-6,11,14H,7-9H2,1-2H3,(H,17,20)(H,21,22). The van der Waals surface area contributed by atoms with Crippen molar-refractivity contribution in [1.82, 2.24) is 10.2 Å². The molecule has 124 valence electrons.